The van der Waals surface area contributed by atoms with Crippen molar-refractivity contribution in [1.29, 1.82) is 0 Å². The van der Waals surface area contributed by atoms with Crippen molar-refractivity contribution in [1.82, 2.24) is 15.0 Å². The number of nitrogens with two attached hydrogens (primary N) is 2. The Kier molecular flexibility index (Phi) is 6.44. The molecule has 0 fully saturated rings. The molecule has 0 aliphatic rings. The van der Waals surface area contributed by atoms with E-state index in [4.69, 9.17) is 20.9 Å². The molecule has 1 atom stereocenters. The standard InChI is InChI=1S/C21H31N5O2Si/c1-5-15(17-12-25-21(23)26-20(17)22)14-10-18-16(6-7-24-18)19(11-14)28-13-27-8-9-29(2,3)4/h6-7,10-12,15,24H,5,8-9,13H2,1-4H3,(H4,22,23,25,26). The first-order chi connectivity index (χ1) is 13.8. The van der Waals surface area contributed by atoms with Gasteiger partial charge in [0.1, 0.15) is 11.6 Å². The minimum Gasteiger partial charge on any atom is -0.467 e. The zero-order valence-electron chi connectivity index (χ0n) is 17.7. The molecular formula is C21H31N5O2Si. The normalized spacial score (nSPS) is 13.0. The molecule has 5 N–H and O–H groups in total. The van der Waals surface area contributed by atoms with Crippen LogP contribution in [-0.2, 0) is 4.74 Å². The molecule has 3 rings (SSSR count). The van der Waals surface area contributed by atoms with Crippen LogP contribution >= 0.6 is 0 Å². The molecular weight excluding hydrogens is 382 g/mol. The lowest BCUT2D eigenvalue weighted by atomic mass is 9.89. The first kappa shape index (κ1) is 21.1. The van der Waals surface area contributed by atoms with E-state index in [-0.39, 0.29) is 18.7 Å². The second-order valence-electron chi connectivity index (χ2n) is 8.47. The summed E-state index contributed by atoms with van der Waals surface area (Å²) in [5.74, 6) is 1.42. The summed E-state index contributed by atoms with van der Waals surface area (Å²) in [5, 5.41) is 1.03. The van der Waals surface area contributed by atoms with Crippen LogP contribution in [0.2, 0.25) is 25.7 Å². The highest BCUT2D eigenvalue weighted by Gasteiger charge is 2.19. The molecule has 8 heteroatoms. The molecule has 1 unspecified atom stereocenters. The summed E-state index contributed by atoms with van der Waals surface area (Å²) in [7, 11) is -1.11. The van der Waals surface area contributed by atoms with Gasteiger partial charge in [-0.1, -0.05) is 26.6 Å². The van der Waals surface area contributed by atoms with Crippen LogP contribution in [0.4, 0.5) is 11.8 Å². The van der Waals surface area contributed by atoms with E-state index in [1.807, 2.05) is 12.3 Å². The van der Waals surface area contributed by atoms with Crippen molar-refractivity contribution in [2.24, 2.45) is 0 Å². The van der Waals surface area contributed by atoms with Gasteiger partial charge in [-0.25, -0.2) is 4.98 Å². The topological polar surface area (TPSA) is 112 Å². The number of fused-ring (bicyclic) bond motifs is 1. The lowest BCUT2D eigenvalue weighted by molar-refractivity contribution is 0.0229. The van der Waals surface area contributed by atoms with Gasteiger partial charge >= 0.3 is 0 Å². The highest BCUT2D eigenvalue weighted by molar-refractivity contribution is 6.76. The van der Waals surface area contributed by atoms with Gasteiger partial charge in [-0.3, -0.25) is 0 Å². The average molecular weight is 414 g/mol. The molecule has 0 aliphatic carbocycles. The largest absolute Gasteiger partial charge is 0.467 e. The fourth-order valence-electron chi connectivity index (χ4n) is 3.34. The van der Waals surface area contributed by atoms with Crippen LogP contribution in [0.5, 0.6) is 5.75 Å². The van der Waals surface area contributed by atoms with Gasteiger partial charge in [-0.2, -0.15) is 4.98 Å². The van der Waals surface area contributed by atoms with Crippen molar-refractivity contribution in [3.8, 4) is 5.75 Å². The van der Waals surface area contributed by atoms with Crippen LogP contribution < -0.4 is 16.2 Å². The maximum atomic E-state index is 6.13. The smallest absolute Gasteiger partial charge is 0.221 e. The highest BCUT2D eigenvalue weighted by Crippen LogP contribution is 2.36. The van der Waals surface area contributed by atoms with E-state index < -0.39 is 8.07 Å². The summed E-state index contributed by atoms with van der Waals surface area (Å²) < 4.78 is 11.7. The van der Waals surface area contributed by atoms with E-state index in [1.54, 1.807) is 6.20 Å². The molecule has 0 amide bonds. The fourth-order valence-corrected chi connectivity index (χ4v) is 4.10. The zero-order valence-corrected chi connectivity index (χ0v) is 18.7. The van der Waals surface area contributed by atoms with Crippen LogP contribution in [0.15, 0.2) is 30.6 Å². The van der Waals surface area contributed by atoms with Gasteiger partial charge < -0.3 is 25.9 Å². The maximum absolute atomic E-state index is 6.13. The fraction of sp³-hybridized carbons (Fsp3) is 0.429. The van der Waals surface area contributed by atoms with Crippen molar-refractivity contribution in [3.05, 3.63) is 41.7 Å². The Labute approximate surface area is 172 Å². The lowest BCUT2D eigenvalue weighted by Gasteiger charge is -2.19. The number of H-pyrrole nitrogens is 1. The van der Waals surface area contributed by atoms with Crippen LogP contribution in [0.25, 0.3) is 10.9 Å². The molecule has 0 bridgehead atoms. The van der Waals surface area contributed by atoms with Gasteiger partial charge in [0.2, 0.25) is 5.95 Å². The van der Waals surface area contributed by atoms with Crippen LogP contribution in [-0.4, -0.2) is 36.4 Å². The molecule has 2 aromatic heterocycles. The lowest BCUT2D eigenvalue weighted by Crippen LogP contribution is -2.22. The number of hydrogen-bond acceptors (Lipinski definition) is 6. The summed E-state index contributed by atoms with van der Waals surface area (Å²) in [6, 6.07) is 7.31. The first-order valence-electron chi connectivity index (χ1n) is 9.98. The maximum Gasteiger partial charge on any atom is 0.221 e. The van der Waals surface area contributed by atoms with Gasteiger partial charge in [-0.05, 0) is 36.2 Å². The van der Waals surface area contributed by atoms with E-state index in [2.05, 4.69) is 53.6 Å². The molecule has 2 heterocycles. The van der Waals surface area contributed by atoms with Gasteiger partial charge in [0.15, 0.2) is 6.79 Å². The SMILES string of the molecule is CCC(c1cc(OCOCC[Si](C)(C)C)c2cc[nH]c2c1)c1cnc(N)nc1N. The zero-order chi connectivity index (χ0) is 21.0. The van der Waals surface area contributed by atoms with Crippen molar-refractivity contribution in [3.63, 3.8) is 0 Å². The minimum atomic E-state index is -1.11. The summed E-state index contributed by atoms with van der Waals surface area (Å²) >= 11 is 0. The van der Waals surface area contributed by atoms with Crippen LogP contribution in [0, 0.1) is 0 Å². The highest BCUT2D eigenvalue weighted by atomic mass is 28.3. The molecule has 0 saturated heterocycles. The quantitative estimate of drug-likeness (QED) is 0.273. The van der Waals surface area contributed by atoms with Crippen LogP contribution in [0.1, 0.15) is 30.4 Å². The summed E-state index contributed by atoms with van der Waals surface area (Å²) in [5.41, 5.74) is 14.7. The van der Waals surface area contributed by atoms with Gasteiger partial charge in [0.05, 0.1) is 0 Å². The molecule has 0 spiro atoms. The number of aromatic nitrogens is 3. The molecule has 29 heavy (non-hydrogen) atoms. The van der Waals surface area contributed by atoms with E-state index in [0.717, 1.165) is 46.9 Å². The van der Waals surface area contributed by atoms with Crippen molar-refractivity contribution < 1.29 is 9.47 Å². The monoisotopic (exact) mass is 413 g/mol. The molecule has 0 saturated carbocycles. The first-order valence-corrected chi connectivity index (χ1v) is 13.7. The Morgan fingerprint density at radius 1 is 1.21 bits per heavy atom. The molecule has 1 aromatic carbocycles. The summed E-state index contributed by atoms with van der Waals surface area (Å²) in [4.78, 5) is 11.5. The van der Waals surface area contributed by atoms with Crippen LogP contribution in [0.3, 0.4) is 0 Å². The predicted octanol–water partition coefficient (Wildman–Crippen LogP) is 4.36. The van der Waals surface area contributed by atoms with E-state index >= 15 is 0 Å². The Balaban J connectivity index is 1.83. The Morgan fingerprint density at radius 2 is 2.00 bits per heavy atom. The van der Waals surface area contributed by atoms with E-state index in [9.17, 15) is 0 Å². The van der Waals surface area contributed by atoms with Gasteiger partial charge in [-0.15, -0.1) is 0 Å². The summed E-state index contributed by atoms with van der Waals surface area (Å²) in [6.45, 7) is 10.1. The van der Waals surface area contributed by atoms with Crippen molar-refractivity contribution in [2.75, 3.05) is 24.9 Å². The number of nitrogen functional groups attached to an aromatic ring is 2. The number of benzene rings is 1. The molecule has 0 aliphatic heterocycles. The second kappa shape index (κ2) is 8.83. The minimum absolute atomic E-state index is 0.0402. The molecule has 3 aromatic rings. The molecule has 156 valence electrons. The molecule has 0 radical (unpaired) electrons. The number of ether oxygens (including phenoxy) is 2. The van der Waals surface area contributed by atoms with E-state index in [0.29, 0.717) is 5.82 Å². The third-order valence-corrected chi connectivity index (χ3v) is 6.70. The second-order valence-corrected chi connectivity index (χ2v) is 14.1. The Morgan fingerprint density at radius 3 is 2.69 bits per heavy atom. The Hall–Kier alpha value is -2.58. The summed E-state index contributed by atoms with van der Waals surface area (Å²) in [6.07, 6.45) is 4.47. The molecule has 7 nitrogen and oxygen atoms in total. The number of aromatic amines is 1. The van der Waals surface area contributed by atoms with Crippen molar-refractivity contribution >= 4 is 30.7 Å². The van der Waals surface area contributed by atoms with Gasteiger partial charge in [0, 0.05) is 49.5 Å². The van der Waals surface area contributed by atoms with Crippen molar-refractivity contribution in [2.45, 2.75) is 44.9 Å². The van der Waals surface area contributed by atoms with Gasteiger partial charge in [0.25, 0.3) is 0 Å². The number of anilines is 2. The Bertz CT molecular complexity index is 967. The number of rotatable bonds is 9. The predicted molar refractivity (Wildman–Crippen MR) is 121 cm³/mol. The third-order valence-electron chi connectivity index (χ3n) is 5.00. The number of nitrogens with zero attached hydrogens (tertiary/aromatic N) is 2. The number of nitrogens with one attached hydrogen (secondary N) is 1. The average Bonchev–Trinajstić information content (AvgIpc) is 3.11. The third kappa shape index (κ3) is 5.27. The van der Waals surface area contributed by atoms with E-state index in [1.165, 1.54) is 0 Å². The number of hydrogen-bond donors (Lipinski definition) is 3.